The van der Waals surface area contributed by atoms with Gasteiger partial charge in [0.1, 0.15) is 0 Å². The number of morpholine rings is 1. The van der Waals surface area contributed by atoms with E-state index in [-0.39, 0.29) is 18.2 Å². The molecule has 92 valence electrons. The van der Waals surface area contributed by atoms with Gasteiger partial charge in [0.2, 0.25) is 5.91 Å². The van der Waals surface area contributed by atoms with Crippen molar-refractivity contribution in [1.29, 1.82) is 0 Å². The molecule has 1 heterocycles. The minimum atomic E-state index is -0.892. The molecular weight excluding hydrogens is 210 g/mol. The molecule has 0 bridgehead atoms. The maximum atomic E-state index is 11.8. The summed E-state index contributed by atoms with van der Waals surface area (Å²) in [6.45, 7) is 5.89. The van der Waals surface area contributed by atoms with Crippen LogP contribution in [0.1, 0.15) is 20.3 Å². The van der Waals surface area contributed by atoms with Crippen molar-refractivity contribution in [3.8, 4) is 0 Å². The van der Waals surface area contributed by atoms with Crippen LogP contribution in [0.25, 0.3) is 0 Å². The lowest BCUT2D eigenvalue weighted by molar-refractivity contribution is -0.148. The van der Waals surface area contributed by atoms with Crippen molar-refractivity contribution in [3.63, 3.8) is 0 Å². The van der Waals surface area contributed by atoms with E-state index in [9.17, 15) is 9.59 Å². The first-order valence-electron chi connectivity index (χ1n) is 5.60. The Morgan fingerprint density at radius 1 is 1.31 bits per heavy atom. The summed E-state index contributed by atoms with van der Waals surface area (Å²) >= 11 is 0. The van der Waals surface area contributed by atoms with Gasteiger partial charge in [-0.2, -0.15) is 0 Å². The third-order valence-corrected chi connectivity index (χ3v) is 2.88. The lowest BCUT2D eigenvalue weighted by Gasteiger charge is -2.28. The van der Waals surface area contributed by atoms with E-state index in [1.165, 1.54) is 0 Å². The fourth-order valence-corrected chi connectivity index (χ4v) is 1.74. The Kier molecular flexibility index (Phi) is 4.73. The minimum Gasteiger partial charge on any atom is -0.481 e. The van der Waals surface area contributed by atoms with Crippen LogP contribution in [0.3, 0.4) is 0 Å². The van der Waals surface area contributed by atoms with Crippen molar-refractivity contribution in [2.24, 2.45) is 11.8 Å². The molecule has 1 saturated heterocycles. The van der Waals surface area contributed by atoms with Gasteiger partial charge in [0.25, 0.3) is 0 Å². The van der Waals surface area contributed by atoms with E-state index in [0.717, 1.165) is 0 Å². The number of carboxylic acid groups (broad SMARTS) is 1. The summed E-state index contributed by atoms with van der Waals surface area (Å²) < 4.78 is 5.14. The molecule has 0 aliphatic carbocycles. The van der Waals surface area contributed by atoms with Crippen LogP contribution in [0.5, 0.6) is 0 Å². The molecule has 16 heavy (non-hydrogen) atoms. The number of ether oxygens (including phenoxy) is 1. The zero-order chi connectivity index (χ0) is 12.1. The van der Waals surface area contributed by atoms with Crippen molar-refractivity contribution in [1.82, 2.24) is 4.90 Å². The fraction of sp³-hybridized carbons (Fsp3) is 0.818. The van der Waals surface area contributed by atoms with E-state index >= 15 is 0 Å². The molecule has 0 aromatic rings. The molecule has 5 nitrogen and oxygen atoms in total. The molecule has 0 radical (unpaired) electrons. The number of nitrogens with zero attached hydrogens (tertiary/aromatic N) is 1. The molecule has 1 fully saturated rings. The Morgan fingerprint density at radius 3 is 2.31 bits per heavy atom. The highest BCUT2D eigenvalue weighted by molar-refractivity contribution is 5.82. The van der Waals surface area contributed by atoms with Gasteiger partial charge in [-0.15, -0.1) is 0 Å². The van der Waals surface area contributed by atoms with Crippen molar-refractivity contribution < 1.29 is 19.4 Å². The highest BCUT2D eigenvalue weighted by Crippen LogP contribution is 2.17. The molecule has 0 saturated carbocycles. The van der Waals surface area contributed by atoms with Crippen molar-refractivity contribution in [2.75, 3.05) is 26.3 Å². The summed E-state index contributed by atoms with van der Waals surface area (Å²) in [5, 5.41) is 9.00. The zero-order valence-electron chi connectivity index (χ0n) is 9.81. The second-order valence-corrected chi connectivity index (χ2v) is 4.39. The van der Waals surface area contributed by atoms with Gasteiger partial charge in [0.15, 0.2) is 0 Å². The van der Waals surface area contributed by atoms with Crippen molar-refractivity contribution in [2.45, 2.75) is 20.3 Å². The number of carbonyl (C=O) groups excluding carboxylic acids is 1. The summed E-state index contributed by atoms with van der Waals surface area (Å²) in [4.78, 5) is 24.5. The number of rotatable bonds is 4. The number of hydrogen-bond acceptors (Lipinski definition) is 3. The van der Waals surface area contributed by atoms with Gasteiger partial charge in [-0.3, -0.25) is 9.59 Å². The van der Waals surface area contributed by atoms with Crippen LogP contribution >= 0.6 is 0 Å². The fourth-order valence-electron chi connectivity index (χ4n) is 1.74. The molecule has 1 N–H and O–H groups in total. The highest BCUT2D eigenvalue weighted by Gasteiger charge is 2.27. The van der Waals surface area contributed by atoms with E-state index in [2.05, 4.69) is 0 Å². The average molecular weight is 229 g/mol. The third-order valence-electron chi connectivity index (χ3n) is 2.88. The van der Waals surface area contributed by atoms with Crippen LogP contribution in [0, 0.1) is 11.8 Å². The molecule has 1 rings (SSSR count). The van der Waals surface area contributed by atoms with Gasteiger partial charge >= 0.3 is 5.97 Å². The van der Waals surface area contributed by atoms with Gasteiger partial charge in [-0.05, 0) is 5.92 Å². The van der Waals surface area contributed by atoms with Crippen LogP contribution in [0.2, 0.25) is 0 Å². The maximum Gasteiger partial charge on any atom is 0.307 e. The van der Waals surface area contributed by atoms with Gasteiger partial charge in [-0.1, -0.05) is 13.8 Å². The highest BCUT2D eigenvalue weighted by atomic mass is 16.5. The first-order valence-corrected chi connectivity index (χ1v) is 5.60. The molecule has 1 aliphatic heterocycles. The molecule has 0 aromatic carbocycles. The predicted molar refractivity (Wildman–Crippen MR) is 58.0 cm³/mol. The van der Waals surface area contributed by atoms with E-state index in [1.54, 1.807) is 4.90 Å². The number of amides is 1. The standard InChI is InChI=1S/C11H19NO4/c1-8(2)9(11(14)15)7-10(13)12-3-5-16-6-4-12/h8-9H,3-7H2,1-2H3,(H,14,15)/t9-/m1/s1. The average Bonchev–Trinajstić information content (AvgIpc) is 2.25. The number of carbonyl (C=O) groups is 2. The first-order chi connectivity index (χ1) is 7.52. The van der Waals surface area contributed by atoms with Gasteiger partial charge in [0, 0.05) is 19.5 Å². The zero-order valence-corrected chi connectivity index (χ0v) is 9.81. The monoisotopic (exact) mass is 229 g/mol. The summed E-state index contributed by atoms with van der Waals surface area (Å²) in [6.07, 6.45) is 0.0903. The van der Waals surface area contributed by atoms with Crippen LogP contribution in [0.4, 0.5) is 0 Å². The maximum absolute atomic E-state index is 11.8. The second-order valence-electron chi connectivity index (χ2n) is 4.39. The Labute approximate surface area is 95.4 Å². The molecule has 0 aromatic heterocycles. The topological polar surface area (TPSA) is 66.8 Å². The summed E-state index contributed by atoms with van der Waals surface area (Å²) in [5.74, 6) is -1.58. The summed E-state index contributed by atoms with van der Waals surface area (Å²) in [6, 6.07) is 0. The summed E-state index contributed by atoms with van der Waals surface area (Å²) in [5.41, 5.74) is 0. The quantitative estimate of drug-likeness (QED) is 0.766. The molecule has 5 heteroatoms. The third kappa shape index (κ3) is 3.48. The van der Waals surface area contributed by atoms with Crippen LogP contribution in [0.15, 0.2) is 0 Å². The van der Waals surface area contributed by atoms with E-state index in [0.29, 0.717) is 26.3 Å². The number of aliphatic carboxylic acids is 1. The van der Waals surface area contributed by atoms with Crippen molar-refractivity contribution in [3.05, 3.63) is 0 Å². The predicted octanol–water partition coefficient (Wildman–Crippen LogP) is 0.592. The van der Waals surface area contributed by atoms with Crippen LogP contribution < -0.4 is 0 Å². The normalized spacial score (nSPS) is 18.6. The smallest absolute Gasteiger partial charge is 0.307 e. The van der Waals surface area contributed by atoms with Gasteiger partial charge in [0.05, 0.1) is 19.1 Å². The Bertz CT molecular complexity index is 259. The first kappa shape index (κ1) is 13.0. The van der Waals surface area contributed by atoms with E-state index < -0.39 is 11.9 Å². The van der Waals surface area contributed by atoms with Gasteiger partial charge in [-0.25, -0.2) is 0 Å². The molecular formula is C11H19NO4. The lowest BCUT2D eigenvalue weighted by atomic mass is 9.92. The molecule has 0 unspecified atom stereocenters. The molecule has 1 amide bonds. The Morgan fingerprint density at radius 2 is 1.88 bits per heavy atom. The molecule has 0 spiro atoms. The Hall–Kier alpha value is -1.10. The largest absolute Gasteiger partial charge is 0.481 e. The summed E-state index contributed by atoms with van der Waals surface area (Å²) in [7, 11) is 0. The lowest BCUT2D eigenvalue weighted by Crippen LogP contribution is -2.42. The minimum absolute atomic E-state index is 0.0255. The number of carboxylic acids is 1. The second kappa shape index (κ2) is 5.84. The van der Waals surface area contributed by atoms with Crippen molar-refractivity contribution >= 4 is 11.9 Å². The Balaban J connectivity index is 2.50. The number of hydrogen-bond donors (Lipinski definition) is 1. The van der Waals surface area contributed by atoms with Crippen LogP contribution in [-0.4, -0.2) is 48.2 Å². The van der Waals surface area contributed by atoms with E-state index in [4.69, 9.17) is 9.84 Å². The molecule has 1 aliphatic rings. The van der Waals surface area contributed by atoms with Gasteiger partial charge < -0.3 is 14.7 Å². The molecule has 1 atom stereocenters. The van der Waals surface area contributed by atoms with E-state index in [1.807, 2.05) is 13.8 Å². The SMILES string of the molecule is CC(C)[C@@H](CC(=O)N1CCOCC1)C(=O)O. The van der Waals surface area contributed by atoms with Crippen LogP contribution in [-0.2, 0) is 14.3 Å².